The Morgan fingerprint density at radius 1 is 1.36 bits per heavy atom. The Morgan fingerprint density at radius 3 is 2.68 bits per heavy atom. The van der Waals surface area contributed by atoms with E-state index in [1.165, 1.54) is 5.56 Å². The van der Waals surface area contributed by atoms with E-state index in [0.29, 0.717) is 12.5 Å². The third kappa shape index (κ3) is 3.71. The maximum Gasteiger partial charge on any atom is 0.266 e. The zero-order valence-corrected chi connectivity index (χ0v) is 16.2. The summed E-state index contributed by atoms with van der Waals surface area (Å²) in [5.74, 6) is 1.35. The monoisotopic (exact) mass is 358 g/mol. The molecule has 1 aliphatic heterocycles. The Labute approximate surface area is 153 Å². The van der Waals surface area contributed by atoms with Crippen LogP contribution < -0.4 is 4.74 Å². The molecule has 134 valence electrons. The van der Waals surface area contributed by atoms with Gasteiger partial charge < -0.3 is 9.64 Å². The second kappa shape index (κ2) is 7.56. The number of carbonyl (C=O) groups excluding carboxylic acids is 1. The van der Waals surface area contributed by atoms with Gasteiger partial charge in [-0.2, -0.15) is 0 Å². The van der Waals surface area contributed by atoms with Gasteiger partial charge in [-0.25, -0.2) is 4.98 Å². The van der Waals surface area contributed by atoms with Crippen LogP contribution in [0.15, 0.2) is 24.3 Å². The molecule has 1 fully saturated rings. The van der Waals surface area contributed by atoms with E-state index < -0.39 is 0 Å². The highest BCUT2D eigenvalue weighted by molar-refractivity contribution is 7.13. The Morgan fingerprint density at radius 2 is 2.08 bits per heavy atom. The second-order valence-electron chi connectivity index (χ2n) is 6.78. The highest BCUT2D eigenvalue weighted by atomic mass is 32.1. The van der Waals surface area contributed by atoms with E-state index in [-0.39, 0.29) is 11.9 Å². The fourth-order valence-electron chi connectivity index (χ4n) is 3.30. The molecule has 0 unspecified atom stereocenters. The van der Waals surface area contributed by atoms with Crippen LogP contribution in [0.1, 0.15) is 71.5 Å². The summed E-state index contributed by atoms with van der Waals surface area (Å²) in [4.78, 5) is 20.5. The highest BCUT2D eigenvalue weighted by Gasteiger charge is 2.32. The summed E-state index contributed by atoms with van der Waals surface area (Å²) in [6, 6.07) is 8.30. The lowest BCUT2D eigenvalue weighted by Gasteiger charge is -2.25. The number of amides is 1. The number of likely N-dealkylation sites (tertiary alicyclic amines) is 1. The summed E-state index contributed by atoms with van der Waals surface area (Å²) in [6.45, 7) is 9.63. The molecule has 0 N–H and O–H groups in total. The zero-order valence-electron chi connectivity index (χ0n) is 15.4. The molecular weight excluding hydrogens is 332 g/mol. The van der Waals surface area contributed by atoms with E-state index in [1.807, 2.05) is 30.9 Å². The molecule has 1 aromatic carbocycles. The van der Waals surface area contributed by atoms with Crippen molar-refractivity contribution in [2.24, 2.45) is 0 Å². The Hall–Kier alpha value is -1.88. The van der Waals surface area contributed by atoms with Gasteiger partial charge in [0.2, 0.25) is 0 Å². The molecule has 25 heavy (non-hydrogen) atoms. The predicted octanol–water partition coefficient (Wildman–Crippen LogP) is 4.95. The lowest BCUT2D eigenvalue weighted by Crippen LogP contribution is -2.30. The third-order valence-electron chi connectivity index (χ3n) is 4.59. The van der Waals surface area contributed by atoms with Crippen LogP contribution in [0, 0.1) is 6.92 Å². The molecule has 2 heterocycles. The average molecular weight is 359 g/mol. The van der Waals surface area contributed by atoms with Crippen molar-refractivity contribution >= 4 is 17.2 Å². The summed E-state index contributed by atoms with van der Waals surface area (Å²) in [5.41, 5.74) is 2.04. The molecule has 5 heteroatoms. The normalized spacial score (nSPS) is 17.3. The molecule has 0 saturated carbocycles. The number of rotatable bonds is 5. The largest absolute Gasteiger partial charge is 0.494 e. The van der Waals surface area contributed by atoms with E-state index >= 15 is 0 Å². The van der Waals surface area contributed by atoms with Crippen molar-refractivity contribution in [2.75, 3.05) is 13.2 Å². The van der Waals surface area contributed by atoms with E-state index in [2.05, 4.69) is 31.0 Å². The van der Waals surface area contributed by atoms with Crippen molar-refractivity contribution in [3.63, 3.8) is 0 Å². The molecule has 0 radical (unpaired) electrons. The zero-order chi connectivity index (χ0) is 18.0. The molecule has 0 spiro atoms. The summed E-state index contributed by atoms with van der Waals surface area (Å²) in [7, 11) is 0. The minimum Gasteiger partial charge on any atom is -0.494 e. The molecule has 1 aromatic heterocycles. The lowest BCUT2D eigenvalue weighted by molar-refractivity contribution is 0.0739. The van der Waals surface area contributed by atoms with Crippen molar-refractivity contribution in [2.45, 2.75) is 52.5 Å². The van der Waals surface area contributed by atoms with Crippen LogP contribution in [-0.2, 0) is 0 Å². The Bertz CT molecular complexity index is 737. The Kier molecular flexibility index (Phi) is 5.42. The van der Waals surface area contributed by atoms with Crippen molar-refractivity contribution in [1.82, 2.24) is 9.88 Å². The Balaban J connectivity index is 1.82. The molecule has 0 aliphatic carbocycles. The molecule has 0 bridgehead atoms. The molecule has 1 saturated heterocycles. The highest BCUT2D eigenvalue weighted by Crippen LogP contribution is 2.36. The molecule has 1 atom stereocenters. The number of aryl methyl sites for hydroxylation is 1. The number of hydrogen-bond donors (Lipinski definition) is 0. The number of thiazole rings is 1. The van der Waals surface area contributed by atoms with Crippen molar-refractivity contribution in [3.05, 3.63) is 45.4 Å². The lowest BCUT2D eigenvalue weighted by atomic mass is 10.0. The first-order valence-corrected chi connectivity index (χ1v) is 9.84. The van der Waals surface area contributed by atoms with Gasteiger partial charge in [-0.15, -0.1) is 11.3 Å². The SMILES string of the molecule is CCOc1ccc([C@H]2CCCN2C(=O)c2sc(C(C)C)nc2C)cc1. The van der Waals surface area contributed by atoms with E-state index in [0.717, 1.165) is 40.7 Å². The van der Waals surface area contributed by atoms with Gasteiger partial charge in [0.05, 0.1) is 23.4 Å². The second-order valence-corrected chi connectivity index (χ2v) is 7.81. The maximum absolute atomic E-state index is 13.1. The first kappa shape index (κ1) is 17.9. The topological polar surface area (TPSA) is 42.4 Å². The first-order chi connectivity index (χ1) is 12.0. The number of benzene rings is 1. The van der Waals surface area contributed by atoms with Crippen molar-refractivity contribution in [1.29, 1.82) is 0 Å². The molecule has 4 nitrogen and oxygen atoms in total. The maximum atomic E-state index is 13.1. The minimum absolute atomic E-state index is 0.123. The van der Waals surface area contributed by atoms with Gasteiger partial charge in [0.1, 0.15) is 10.6 Å². The predicted molar refractivity (Wildman–Crippen MR) is 102 cm³/mol. The number of ether oxygens (including phenoxy) is 1. The molecule has 2 aromatic rings. The summed E-state index contributed by atoms with van der Waals surface area (Å²) >= 11 is 1.55. The van der Waals surface area contributed by atoms with Crippen LogP contribution in [0.2, 0.25) is 0 Å². The number of nitrogens with zero attached hydrogens (tertiary/aromatic N) is 2. The molecule has 1 amide bonds. The van der Waals surface area contributed by atoms with E-state index in [4.69, 9.17) is 4.74 Å². The summed E-state index contributed by atoms with van der Waals surface area (Å²) in [5, 5.41) is 1.04. The number of hydrogen-bond acceptors (Lipinski definition) is 4. The van der Waals surface area contributed by atoms with Gasteiger partial charge in [-0.3, -0.25) is 4.79 Å². The van der Waals surface area contributed by atoms with E-state index in [9.17, 15) is 4.79 Å². The molecule has 3 rings (SSSR count). The van der Waals surface area contributed by atoms with Crippen LogP contribution >= 0.6 is 11.3 Å². The first-order valence-electron chi connectivity index (χ1n) is 9.02. The number of aromatic nitrogens is 1. The quantitative estimate of drug-likeness (QED) is 0.759. The van der Waals surface area contributed by atoms with Crippen LogP contribution in [0.3, 0.4) is 0 Å². The van der Waals surface area contributed by atoms with Gasteiger partial charge in [0.15, 0.2) is 0 Å². The average Bonchev–Trinajstić information content (AvgIpc) is 3.22. The van der Waals surface area contributed by atoms with Crippen molar-refractivity contribution < 1.29 is 9.53 Å². The minimum atomic E-state index is 0.123. The fourth-order valence-corrected chi connectivity index (χ4v) is 4.33. The molecule has 1 aliphatic rings. The van der Waals surface area contributed by atoms with Gasteiger partial charge in [0, 0.05) is 12.5 Å². The van der Waals surface area contributed by atoms with Crippen LogP contribution in [0.4, 0.5) is 0 Å². The molecular formula is C20H26N2O2S. The van der Waals surface area contributed by atoms with E-state index in [1.54, 1.807) is 11.3 Å². The summed E-state index contributed by atoms with van der Waals surface area (Å²) in [6.07, 6.45) is 2.05. The fraction of sp³-hybridized carbons (Fsp3) is 0.500. The smallest absolute Gasteiger partial charge is 0.266 e. The van der Waals surface area contributed by atoms with Gasteiger partial charge in [-0.1, -0.05) is 26.0 Å². The van der Waals surface area contributed by atoms with Crippen LogP contribution in [0.25, 0.3) is 0 Å². The van der Waals surface area contributed by atoms with Gasteiger partial charge >= 0.3 is 0 Å². The number of carbonyl (C=O) groups is 1. The van der Waals surface area contributed by atoms with Gasteiger partial charge in [-0.05, 0) is 44.4 Å². The summed E-state index contributed by atoms with van der Waals surface area (Å²) < 4.78 is 5.52. The van der Waals surface area contributed by atoms with Gasteiger partial charge in [0.25, 0.3) is 5.91 Å². The van der Waals surface area contributed by atoms with Crippen LogP contribution in [0.5, 0.6) is 5.75 Å². The van der Waals surface area contributed by atoms with Crippen LogP contribution in [-0.4, -0.2) is 28.9 Å². The third-order valence-corrected chi connectivity index (χ3v) is 6.04. The standard InChI is InChI=1S/C20H26N2O2S/c1-5-24-16-10-8-15(9-11-16)17-7-6-12-22(17)20(23)18-14(4)21-19(25-18)13(2)3/h8-11,13,17H,5-7,12H2,1-4H3/t17-/m1/s1. The van der Waals surface area contributed by atoms with Crippen molar-refractivity contribution in [3.8, 4) is 5.75 Å².